The molecule has 0 saturated heterocycles. The molecule has 0 rings (SSSR count). The molecule has 0 heterocycles. The summed E-state index contributed by atoms with van der Waals surface area (Å²) in [4.78, 5) is 0. The molecule has 0 N–H and O–H groups in total. The second kappa shape index (κ2) is 4.20. The number of hydrogen-bond acceptors (Lipinski definition) is 0. The summed E-state index contributed by atoms with van der Waals surface area (Å²) in [6.45, 7) is 3.41. The molecule has 1 radical (unpaired) electrons. The quantitative estimate of drug-likeness (QED) is 0.437. The number of halogens is 5. The Hall–Kier alpha value is -1.13. The first-order chi connectivity index (χ1) is 5.17. The van der Waals surface area contributed by atoms with Crippen molar-refractivity contribution in [1.82, 2.24) is 0 Å². The van der Waals surface area contributed by atoms with Gasteiger partial charge in [-0.05, 0) is 0 Å². The molecule has 13 heavy (non-hydrogen) atoms. The van der Waals surface area contributed by atoms with E-state index in [-0.39, 0.29) is 6.04 Å². The van der Waals surface area contributed by atoms with E-state index in [1.807, 2.05) is 0 Å². The summed E-state index contributed by atoms with van der Waals surface area (Å²) in [5.74, 6) is -4.51. The molecule has 0 unspecified atom stereocenters. The Morgan fingerprint density at radius 1 is 1.00 bits per heavy atom. The van der Waals surface area contributed by atoms with Crippen LogP contribution in [0, 0.1) is 0 Å². The third-order valence-electron chi connectivity index (χ3n) is 1.35. The average Bonchev–Trinajstić information content (AvgIpc) is 1.81. The zero-order valence-corrected chi connectivity index (χ0v) is 14.9. The van der Waals surface area contributed by atoms with Crippen LogP contribution in [0.15, 0.2) is 0 Å². The Morgan fingerprint density at radius 2 is 1.38 bits per heavy atom. The van der Waals surface area contributed by atoms with Crippen molar-refractivity contribution < 1.29 is 22.0 Å². The summed E-state index contributed by atoms with van der Waals surface area (Å²) in [5.41, 5.74) is 0. The van der Waals surface area contributed by atoms with E-state index in [4.69, 9.17) is 0 Å². The molecule has 7 heteroatoms. The van der Waals surface area contributed by atoms with Crippen LogP contribution in [0.5, 0.6) is 0 Å². The van der Waals surface area contributed by atoms with Crippen LogP contribution in [0.3, 0.4) is 0 Å². The van der Waals surface area contributed by atoms with Gasteiger partial charge in [0, 0.05) is 15.2 Å². The van der Waals surface area contributed by atoms with Crippen molar-refractivity contribution in [3.8, 4) is 0 Å². The predicted octanol–water partition coefficient (Wildman–Crippen LogP) is 3.33. The van der Waals surface area contributed by atoms with E-state index in [2.05, 4.69) is 0 Å². The van der Waals surface area contributed by atoms with Crippen molar-refractivity contribution in [2.75, 3.05) is 0 Å². The zero-order chi connectivity index (χ0) is 9.99. The van der Waals surface area contributed by atoms with Crippen LogP contribution in [-0.2, 0) is 0 Å². The van der Waals surface area contributed by atoms with Crippen molar-refractivity contribution in [2.24, 2.45) is 0 Å². The minimum Gasteiger partial charge on any atom is -0.196 e. The van der Waals surface area contributed by atoms with Gasteiger partial charge in [0.1, 0.15) is 0 Å². The van der Waals surface area contributed by atoms with E-state index in [1.165, 1.54) is 0 Å². The standard InChI is InChI=1S/C6H10F5Si.Rf/c1-12(2)4-3-5(7,8)6(9,10)11;/h3-4H2,1-2H3;. The van der Waals surface area contributed by atoms with Crippen LogP contribution in [0.25, 0.3) is 0 Å². The van der Waals surface area contributed by atoms with Gasteiger partial charge >= 0.3 is 12.1 Å². The Kier molecular flexibility index (Phi) is 4.65. The topological polar surface area (TPSA) is 0 Å². The maximum absolute atomic E-state index is 12.2. The van der Waals surface area contributed by atoms with Crippen LogP contribution < -0.4 is 0 Å². The maximum Gasteiger partial charge on any atom is 0.453 e. The van der Waals surface area contributed by atoms with E-state index in [0.717, 1.165) is 0 Å². The largest absolute Gasteiger partial charge is 0.453 e. The summed E-state index contributed by atoms with van der Waals surface area (Å²) in [5, 5.41) is 0. The van der Waals surface area contributed by atoms with Gasteiger partial charge < -0.3 is 0 Å². The van der Waals surface area contributed by atoms with Crippen LogP contribution in [-0.4, -0.2) is 20.9 Å². The van der Waals surface area contributed by atoms with Crippen molar-refractivity contribution in [3.63, 3.8) is 0 Å². The Morgan fingerprint density at radius 3 is 1.62 bits per heavy atom. The number of hydrogen-bond donors (Lipinski definition) is 0. The van der Waals surface area contributed by atoms with E-state index in [1.54, 1.807) is 13.1 Å². The van der Waals surface area contributed by atoms with Gasteiger partial charge in [-0.15, -0.1) is 0 Å². The molecule has 0 bridgehead atoms. The monoisotopic (exact) mass is 472 g/mol. The van der Waals surface area contributed by atoms with Gasteiger partial charge in [-0.1, -0.05) is 19.1 Å². The third kappa shape index (κ3) is 4.44. The molecule has 0 aromatic heterocycles. The first-order valence-corrected chi connectivity index (χ1v) is 6.11. The van der Waals surface area contributed by atoms with Gasteiger partial charge in [0.05, 0.1) is 0 Å². The average molecular weight is 472 g/mol. The minimum absolute atomic E-state index is 0. The normalized spacial score (nSPS) is 12.9. The SMILES string of the molecule is C[Si](C)CCC(F)(F)C(F)(F)F.[Rf]. The fourth-order valence-corrected chi connectivity index (χ4v) is 1.36. The first kappa shape index (κ1) is 14.4. The van der Waals surface area contributed by atoms with Crippen molar-refractivity contribution in [3.05, 3.63) is 0 Å². The van der Waals surface area contributed by atoms with E-state index < -0.39 is 27.3 Å². The molecule has 0 nitrogen and oxygen atoms in total. The fourth-order valence-electron chi connectivity index (χ4n) is 0.549. The van der Waals surface area contributed by atoms with E-state index >= 15 is 0 Å². The predicted molar refractivity (Wildman–Crippen MR) is 37.9 cm³/mol. The summed E-state index contributed by atoms with van der Waals surface area (Å²) in [6.07, 6.45) is -6.46. The Bertz CT molecular complexity index is 144. The zero-order valence-electron chi connectivity index (χ0n) is 7.51. The summed E-state index contributed by atoms with van der Waals surface area (Å²) in [7, 11) is -1.01. The maximum atomic E-state index is 12.2. The smallest absolute Gasteiger partial charge is 0.196 e. The molecule has 0 aromatic rings. The van der Waals surface area contributed by atoms with Crippen LogP contribution in [0.2, 0.25) is 19.1 Å². The molecule has 0 atom stereocenters. The van der Waals surface area contributed by atoms with Crippen molar-refractivity contribution in [1.29, 1.82) is 0 Å². The van der Waals surface area contributed by atoms with Crippen LogP contribution >= 0.6 is 0 Å². The first-order valence-electron chi connectivity index (χ1n) is 3.40. The molecule has 75 valence electrons. The second-order valence-electron chi connectivity index (χ2n) is 2.91. The van der Waals surface area contributed by atoms with Gasteiger partial charge in [-0.25, -0.2) is 0 Å². The van der Waals surface area contributed by atoms with Gasteiger partial charge in [0.25, 0.3) is 0 Å². The van der Waals surface area contributed by atoms with Gasteiger partial charge in [-0.2, -0.15) is 22.0 Å². The molecular weight excluding hydrogens is 462 g/mol. The molecule has 0 saturated carbocycles. The molecule has 0 aliphatic rings. The Labute approximate surface area is 69.4 Å². The molecule has 0 aliphatic carbocycles. The van der Waals surface area contributed by atoms with Crippen LogP contribution in [0.4, 0.5) is 22.0 Å². The van der Waals surface area contributed by atoms with Gasteiger partial charge in [0.15, 0.2) is 0 Å². The molecule has 0 fully saturated rings. The molecule has 0 aromatic carbocycles. The second-order valence-corrected chi connectivity index (χ2v) is 5.82. The van der Waals surface area contributed by atoms with Gasteiger partial charge in [-0.3, -0.25) is 0 Å². The van der Waals surface area contributed by atoms with Crippen molar-refractivity contribution in [2.45, 2.75) is 37.7 Å². The number of alkyl halides is 5. The molecule has 0 aliphatic heterocycles. The minimum atomic E-state index is -5.38. The van der Waals surface area contributed by atoms with Crippen molar-refractivity contribution >= 4 is 8.80 Å². The fraction of sp³-hybridized carbons (Fsp3) is 1.00. The molecule has 0 amide bonds. The summed E-state index contributed by atoms with van der Waals surface area (Å²) < 4.78 is 59.0. The third-order valence-corrected chi connectivity index (χ3v) is 2.60. The summed E-state index contributed by atoms with van der Waals surface area (Å²) >= 11 is 0. The van der Waals surface area contributed by atoms with Gasteiger partial charge in [0.2, 0.25) is 0 Å². The number of rotatable bonds is 3. The molecular formula is C6H10F5RfSi. The summed E-state index contributed by atoms with van der Waals surface area (Å²) in [6, 6.07) is -0.0167. The molecule has 0 spiro atoms. The van der Waals surface area contributed by atoms with E-state index in [9.17, 15) is 22.0 Å². The Balaban J connectivity index is 0. The van der Waals surface area contributed by atoms with Crippen LogP contribution in [0.1, 0.15) is 6.42 Å². The van der Waals surface area contributed by atoms with E-state index in [0.29, 0.717) is 0 Å².